The van der Waals surface area contributed by atoms with Crippen LogP contribution in [0.2, 0.25) is 5.02 Å². The Kier molecular flexibility index (Phi) is 6.54. The van der Waals surface area contributed by atoms with E-state index in [2.05, 4.69) is 5.32 Å². The summed E-state index contributed by atoms with van der Waals surface area (Å²) < 4.78 is 5.37. The molecule has 5 nitrogen and oxygen atoms in total. The van der Waals surface area contributed by atoms with Crippen LogP contribution >= 0.6 is 11.6 Å². The van der Waals surface area contributed by atoms with Gasteiger partial charge in [0.2, 0.25) is 0 Å². The van der Waals surface area contributed by atoms with Crippen molar-refractivity contribution < 1.29 is 20.1 Å². The van der Waals surface area contributed by atoms with Crippen LogP contribution < -0.4 is 10.1 Å². The lowest BCUT2D eigenvalue weighted by Crippen LogP contribution is -2.44. The van der Waals surface area contributed by atoms with Crippen LogP contribution in [0.4, 0.5) is 0 Å². The largest absolute Gasteiger partial charge is 0.489 e. The van der Waals surface area contributed by atoms with Crippen molar-refractivity contribution in [1.82, 2.24) is 5.32 Å². The van der Waals surface area contributed by atoms with E-state index in [1.807, 2.05) is 0 Å². The summed E-state index contributed by atoms with van der Waals surface area (Å²) in [6, 6.07) is 7.02. The van der Waals surface area contributed by atoms with Crippen LogP contribution in [0.5, 0.6) is 5.75 Å². The zero-order valence-corrected chi connectivity index (χ0v) is 11.6. The highest BCUT2D eigenvalue weighted by Crippen LogP contribution is 2.22. The minimum atomic E-state index is -1.19. The molecule has 4 N–H and O–H groups in total. The first-order chi connectivity index (χ1) is 8.94. The third-order valence-electron chi connectivity index (χ3n) is 2.49. The Morgan fingerprint density at radius 2 is 2.11 bits per heavy atom. The maximum atomic E-state index is 9.70. The average Bonchev–Trinajstić information content (AvgIpc) is 2.37. The topological polar surface area (TPSA) is 82.0 Å². The second-order valence-corrected chi connectivity index (χ2v) is 5.09. The summed E-state index contributed by atoms with van der Waals surface area (Å²) in [6.45, 7) is 1.70. The molecule has 0 aliphatic rings. The van der Waals surface area contributed by atoms with Gasteiger partial charge < -0.3 is 25.4 Å². The van der Waals surface area contributed by atoms with E-state index >= 15 is 0 Å². The van der Waals surface area contributed by atoms with Crippen LogP contribution in [0, 0.1) is 0 Å². The minimum Gasteiger partial charge on any atom is -0.489 e. The normalized spacial score (nSPS) is 15.8. The predicted octanol–water partition coefficient (Wildman–Crippen LogP) is 0.413. The van der Waals surface area contributed by atoms with E-state index in [1.165, 1.54) is 6.92 Å². The van der Waals surface area contributed by atoms with E-state index in [0.717, 1.165) is 0 Å². The molecule has 0 spiro atoms. The molecule has 0 aliphatic carbocycles. The predicted molar refractivity (Wildman–Crippen MR) is 73.5 cm³/mol. The summed E-state index contributed by atoms with van der Waals surface area (Å²) in [5.41, 5.74) is -1.19. The molecule has 2 atom stereocenters. The maximum Gasteiger partial charge on any atom is 0.138 e. The van der Waals surface area contributed by atoms with Crippen molar-refractivity contribution in [2.24, 2.45) is 0 Å². The molecule has 6 heteroatoms. The Balaban J connectivity index is 2.25. The van der Waals surface area contributed by atoms with Crippen LogP contribution in [0.15, 0.2) is 24.3 Å². The number of aliphatic hydroxyl groups excluding tert-OH is 2. The number of halogens is 1. The molecule has 0 amide bonds. The minimum absolute atomic E-state index is 0.0952. The van der Waals surface area contributed by atoms with E-state index in [-0.39, 0.29) is 26.3 Å². The second kappa shape index (κ2) is 7.67. The third-order valence-corrected chi connectivity index (χ3v) is 2.81. The van der Waals surface area contributed by atoms with E-state index < -0.39 is 11.7 Å². The van der Waals surface area contributed by atoms with Gasteiger partial charge in [0.1, 0.15) is 18.5 Å². The van der Waals surface area contributed by atoms with Crippen LogP contribution in [0.25, 0.3) is 0 Å². The molecule has 1 aromatic rings. The van der Waals surface area contributed by atoms with E-state index in [9.17, 15) is 10.2 Å². The average molecular weight is 290 g/mol. The van der Waals surface area contributed by atoms with Gasteiger partial charge >= 0.3 is 0 Å². The van der Waals surface area contributed by atoms with Crippen LogP contribution in [-0.2, 0) is 0 Å². The monoisotopic (exact) mass is 289 g/mol. The molecule has 0 aliphatic heterocycles. The fraction of sp³-hybridized carbons (Fsp3) is 0.538. The zero-order chi connectivity index (χ0) is 14.3. The summed E-state index contributed by atoms with van der Waals surface area (Å²) in [7, 11) is 0. The number of hydrogen-bond donors (Lipinski definition) is 4. The van der Waals surface area contributed by atoms with E-state index in [1.54, 1.807) is 24.3 Å². The number of aliphatic hydroxyl groups is 3. The standard InChI is InChI=1S/C13H20ClNO4/c1-13(18,9-16)8-15-6-10(17)7-19-12-5-3-2-4-11(12)14/h2-5,10,15-18H,6-9H2,1H3. The van der Waals surface area contributed by atoms with Crippen molar-refractivity contribution >= 4 is 11.6 Å². The van der Waals surface area contributed by atoms with E-state index in [4.69, 9.17) is 21.4 Å². The van der Waals surface area contributed by atoms with Crippen molar-refractivity contribution in [3.05, 3.63) is 29.3 Å². The number of rotatable bonds is 8. The van der Waals surface area contributed by atoms with Gasteiger partial charge in [0.15, 0.2) is 0 Å². The summed E-state index contributed by atoms with van der Waals surface area (Å²) in [5.74, 6) is 0.519. The van der Waals surface area contributed by atoms with Crippen molar-refractivity contribution in [2.75, 3.05) is 26.3 Å². The summed E-state index contributed by atoms with van der Waals surface area (Å²) >= 11 is 5.91. The molecule has 0 bridgehead atoms. The molecule has 0 aromatic heterocycles. The van der Waals surface area contributed by atoms with Gasteiger partial charge in [-0.05, 0) is 19.1 Å². The van der Waals surface area contributed by atoms with Gasteiger partial charge in [0, 0.05) is 13.1 Å². The first kappa shape index (κ1) is 16.2. The molecular weight excluding hydrogens is 270 g/mol. The van der Waals surface area contributed by atoms with Gasteiger partial charge in [-0.25, -0.2) is 0 Å². The van der Waals surface area contributed by atoms with Crippen LogP contribution in [0.1, 0.15) is 6.92 Å². The lowest BCUT2D eigenvalue weighted by Gasteiger charge is -2.22. The number of benzene rings is 1. The van der Waals surface area contributed by atoms with E-state index in [0.29, 0.717) is 10.8 Å². The Morgan fingerprint density at radius 3 is 2.74 bits per heavy atom. The fourth-order valence-electron chi connectivity index (χ4n) is 1.37. The van der Waals surface area contributed by atoms with Gasteiger partial charge in [-0.1, -0.05) is 23.7 Å². The number of nitrogens with one attached hydrogen (secondary N) is 1. The van der Waals surface area contributed by atoms with Crippen molar-refractivity contribution in [3.63, 3.8) is 0 Å². The Morgan fingerprint density at radius 1 is 1.42 bits per heavy atom. The molecule has 2 unspecified atom stereocenters. The van der Waals surface area contributed by atoms with Crippen LogP contribution in [0.3, 0.4) is 0 Å². The van der Waals surface area contributed by atoms with Crippen molar-refractivity contribution in [3.8, 4) is 5.75 Å². The lowest BCUT2D eigenvalue weighted by atomic mass is 10.1. The third kappa shape index (κ3) is 6.22. The van der Waals surface area contributed by atoms with Gasteiger partial charge in [-0.15, -0.1) is 0 Å². The Hall–Kier alpha value is -0.850. The highest BCUT2D eigenvalue weighted by atomic mass is 35.5. The van der Waals surface area contributed by atoms with Gasteiger partial charge in [-0.3, -0.25) is 0 Å². The quantitative estimate of drug-likeness (QED) is 0.557. The molecule has 0 fully saturated rings. The summed E-state index contributed by atoms with van der Waals surface area (Å²) in [5, 5.41) is 31.4. The first-order valence-corrected chi connectivity index (χ1v) is 6.42. The highest BCUT2D eigenvalue weighted by Gasteiger charge is 2.18. The van der Waals surface area contributed by atoms with Gasteiger partial charge in [-0.2, -0.15) is 0 Å². The SMILES string of the molecule is CC(O)(CO)CNCC(O)COc1ccccc1Cl. The molecular formula is C13H20ClNO4. The number of para-hydroxylation sites is 1. The van der Waals surface area contributed by atoms with Gasteiger partial charge in [0.05, 0.1) is 17.2 Å². The molecule has 0 saturated carbocycles. The molecule has 0 saturated heterocycles. The van der Waals surface area contributed by atoms with Crippen LogP contribution in [-0.4, -0.2) is 53.3 Å². The summed E-state index contributed by atoms with van der Waals surface area (Å²) in [4.78, 5) is 0. The molecule has 0 heterocycles. The first-order valence-electron chi connectivity index (χ1n) is 6.04. The maximum absolute atomic E-state index is 9.70. The smallest absolute Gasteiger partial charge is 0.138 e. The zero-order valence-electron chi connectivity index (χ0n) is 10.8. The fourth-order valence-corrected chi connectivity index (χ4v) is 1.56. The number of ether oxygens (including phenoxy) is 1. The lowest BCUT2D eigenvalue weighted by molar-refractivity contribution is -0.000323. The van der Waals surface area contributed by atoms with Gasteiger partial charge in [0.25, 0.3) is 0 Å². The second-order valence-electron chi connectivity index (χ2n) is 4.68. The molecule has 0 radical (unpaired) electrons. The molecule has 1 rings (SSSR count). The Labute approximate surface area is 117 Å². The molecule has 108 valence electrons. The Bertz CT molecular complexity index is 387. The highest BCUT2D eigenvalue weighted by molar-refractivity contribution is 6.32. The molecule has 19 heavy (non-hydrogen) atoms. The van der Waals surface area contributed by atoms with Crippen molar-refractivity contribution in [2.45, 2.75) is 18.6 Å². The summed E-state index contributed by atoms with van der Waals surface area (Å²) in [6.07, 6.45) is -0.731. The number of hydrogen-bond acceptors (Lipinski definition) is 5. The van der Waals surface area contributed by atoms with Crippen molar-refractivity contribution in [1.29, 1.82) is 0 Å². The molecule has 1 aromatic carbocycles.